The standard InChI is InChI=1S/C22H24N2O3/c1-16(2)15-27-20-10-6-18(14-21(20)26-3)7-11-22(25)24-19-8-4-17(5-9-19)12-13-23/h4-11,14,16H,12,15H2,1-3H3,(H,24,25). The minimum atomic E-state index is -0.234. The van der Waals surface area contributed by atoms with E-state index in [4.69, 9.17) is 14.7 Å². The van der Waals surface area contributed by atoms with E-state index in [1.165, 1.54) is 6.08 Å². The number of methoxy groups -OCH3 is 1. The third-order valence-corrected chi connectivity index (χ3v) is 3.69. The predicted octanol–water partition coefficient (Wildman–Crippen LogP) is 4.45. The normalized spacial score (nSPS) is 10.6. The van der Waals surface area contributed by atoms with Gasteiger partial charge in [-0.05, 0) is 47.4 Å². The lowest BCUT2D eigenvalue weighted by atomic mass is 10.1. The van der Waals surface area contributed by atoms with Gasteiger partial charge in [0.15, 0.2) is 11.5 Å². The second-order valence-corrected chi connectivity index (χ2v) is 6.47. The summed E-state index contributed by atoms with van der Waals surface area (Å²) >= 11 is 0. The minimum Gasteiger partial charge on any atom is -0.493 e. The number of amides is 1. The Labute approximate surface area is 160 Å². The number of carbonyl (C=O) groups excluding carboxylic acids is 1. The number of rotatable bonds is 8. The summed E-state index contributed by atoms with van der Waals surface area (Å²) in [7, 11) is 1.59. The molecule has 0 saturated carbocycles. The van der Waals surface area contributed by atoms with Crippen molar-refractivity contribution in [2.75, 3.05) is 19.0 Å². The Morgan fingerprint density at radius 3 is 2.56 bits per heavy atom. The average Bonchev–Trinajstić information content (AvgIpc) is 2.66. The molecule has 0 fully saturated rings. The second-order valence-electron chi connectivity index (χ2n) is 6.47. The molecule has 1 N–H and O–H groups in total. The van der Waals surface area contributed by atoms with Crippen LogP contribution >= 0.6 is 0 Å². The molecule has 0 saturated heterocycles. The van der Waals surface area contributed by atoms with Gasteiger partial charge in [-0.25, -0.2) is 0 Å². The Bertz CT molecular complexity index is 834. The van der Waals surface area contributed by atoms with E-state index >= 15 is 0 Å². The van der Waals surface area contributed by atoms with Crippen LogP contribution in [0.4, 0.5) is 5.69 Å². The lowest BCUT2D eigenvalue weighted by Crippen LogP contribution is -2.07. The van der Waals surface area contributed by atoms with Crippen LogP contribution in [0.3, 0.4) is 0 Å². The average molecular weight is 364 g/mol. The van der Waals surface area contributed by atoms with Crippen molar-refractivity contribution in [3.05, 3.63) is 59.7 Å². The summed E-state index contributed by atoms with van der Waals surface area (Å²) in [5, 5.41) is 11.5. The molecule has 1 amide bonds. The van der Waals surface area contributed by atoms with Crippen LogP contribution in [0, 0.1) is 17.2 Å². The first-order valence-corrected chi connectivity index (χ1v) is 8.77. The van der Waals surface area contributed by atoms with Gasteiger partial charge in [0, 0.05) is 11.8 Å². The maximum Gasteiger partial charge on any atom is 0.248 e. The first kappa shape index (κ1) is 20.1. The highest BCUT2D eigenvalue weighted by atomic mass is 16.5. The number of ether oxygens (including phenoxy) is 2. The second kappa shape index (κ2) is 10.0. The van der Waals surface area contributed by atoms with E-state index in [0.717, 1.165) is 11.1 Å². The molecule has 140 valence electrons. The van der Waals surface area contributed by atoms with Crippen LogP contribution < -0.4 is 14.8 Å². The maximum atomic E-state index is 12.1. The van der Waals surface area contributed by atoms with E-state index in [-0.39, 0.29) is 5.91 Å². The van der Waals surface area contributed by atoms with Gasteiger partial charge in [0.2, 0.25) is 5.91 Å². The summed E-state index contributed by atoms with van der Waals surface area (Å²) in [6.07, 6.45) is 3.54. The Hall–Kier alpha value is -3.26. The molecular weight excluding hydrogens is 340 g/mol. The SMILES string of the molecule is COc1cc(C=CC(=O)Nc2ccc(CC#N)cc2)ccc1OCC(C)C. The fraction of sp³-hybridized carbons (Fsp3) is 0.273. The summed E-state index contributed by atoms with van der Waals surface area (Å²) in [5.74, 6) is 1.51. The van der Waals surface area contributed by atoms with Crippen LogP contribution in [0.5, 0.6) is 11.5 Å². The van der Waals surface area contributed by atoms with Crippen molar-refractivity contribution in [3.63, 3.8) is 0 Å². The first-order chi connectivity index (χ1) is 13.0. The smallest absolute Gasteiger partial charge is 0.248 e. The summed E-state index contributed by atoms with van der Waals surface area (Å²) < 4.78 is 11.1. The molecule has 0 spiro atoms. The van der Waals surface area contributed by atoms with Crippen molar-refractivity contribution in [2.24, 2.45) is 5.92 Å². The van der Waals surface area contributed by atoms with Crippen LogP contribution in [0.1, 0.15) is 25.0 Å². The van der Waals surface area contributed by atoms with Crippen molar-refractivity contribution >= 4 is 17.7 Å². The number of benzene rings is 2. The molecule has 27 heavy (non-hydrogen) atoms. The van der Waals surface area contributed by atoms with Crippen LogP contribution in [0.2, 0.25) is 0 Å². The monoisotopic (exact) mass is 364 g/mol. The van der Waals surface area contributed by atoms with Crippen molar-refractivity contribution in [3.8, 4) is 17.6 Å². The summed E-state index contributed by atoms with van der Waals surface area (Å²) in [5.41, 5.74) is 2.43. The van der Waals surface area contributed by atoms with Crippen molar-refractivity contribution in [1.29, 1.82) is 5.26 Å². The van der Waals surface area contributed by atoms with Gasteiger partial charge in [-0.2, -0.15) is 5.26 Å². The summed E-state index contributed by atoms with van der Waals surface area (Å²) in [6, 6.07) is 14.8. The van der Waals surface area contributed by atoms with E-state index in [9.17, 15) is 4.79 Å². The van der Waals surface area contributed by atoms with Gasteiger partial charge in [-0.3, -0.25) is 4.79 Å². The van der Waals surface area contributed by atoms with Crippen molar-refractivity contribution < 1.29 is 14.3 Å². The number of nitrogens with one attached hydrogen (secondary N) is 1. The van der Waals surface area contributed by atoms with E-state index in [2.05, 4.69) is 25.2 Å². The van der Waals surface area contributed by atoms with Gasteiger partial charge < -0.3 is 14.8 Å². The van der Waals surface area contributed by atoms with Gasteiger partial charge in [0.05, 0.1) is 26.2 Å². The molecule has 2 aromatic rings. The van der Waals surface area contributed by atoms with Crippen LogP contribution in [-0.4, -0.2) is 19.6 Å². The lowest BCUT2D eigenvalue weighted by molar-refractivity contribution is -0.111. The zero-order valence-corrected chi connectivity index (χ0v) is 15.9. The predicted molar refractivity (Wildman–Crippen MR) is 107 cm³/mol. The fourth-order valence-corrected chi connectivity index (χ4v) is 2.32. The molecule has 5 nitrogen and oxygen atoms in total. The number of hydrogen-bond acceptors (Lipinski definition) is 4. The van der Waals surface area contributed by atoms with Gasteiger partial charge in [-0.15, -0.1) is 0 Å². The topological polar surface area (TPSA) is 71.3 Å². The molecule has 0 atom stereocenters. The number of nitriles is 1. The Morgan fingerprint density at radius 2 is 1.93 bits per heavy atom. The van der Waals surface area contributed by atoms with E-state index in [1.807, 2.05) is 30.3 Å². The van der Waals surface area contributed by atoms with E-state index in [0.29, 0.717) is 36.1 Å². The number of nitrogens with zero attached hydrogens (tertiary/aromatic N) is 1. The van der Waals surface area contributed by atoms with Crippen molar-refractivity contribution in [2.45, 2.75) is 20.3 Å². The molecule has 0 aliphatic rings. The zero-order chi connectivity index (χ0) is 19.6. The van der Waals surface area contributed by atoms with Gasteiger partial charge in [0.1, 0.15) is 0 Å². The summed E-state index contributed by atoms with van der Waals surface area (Å²) in [6.45, 7) is 4.78. The molecule has 0 unspecified atom stereocenters. The molecule has 0 radical (unpaired) electrons. The van der Waals surface area contributed by atoms with Crippen molar-refractivity contribution in [1.82, 2.24) is 0 Å². The number of hydrogen-bond donors (Lipinski definition) is 1. The van der Waals surface area contributed by atoms with Crippen LogP contribution in [0.15, 0.2) is 48.5 Å². The van der Waals surface area contributed by atoms with Gasteiger partial charge in [0.25, 0.3) is 0 Å². The molecule has 0 heterocycles. The molecule has 0 aromatic heterocycles. The Balaban J connectivity index is 1.99. The van der Waals surface area contributed by atoms with Crippen LogP contribution in [0.25, 0.3) is 6.08 Å². The Kier molecular flexibility index (Phi) is 7.45. The van der Waals surface area contributed by atoms with Crippen LogP contribution in [-0.2, 0) is 11.2 Å². The number of carbonyl (C=O) groups is 1. The molecule has 5 heteroatoms. The zero-order valence-electron chi connectivity index (χ0n) is 15.9. The quantitative estimate of drug-likeness (QED) is 0.703. The van der Waals surface area contributed by atoms with E-state index in [1.54, 1.807) is 25.3 Å². The maximum absolute atomic E-state index is 12.1. The minimum absolute atomic E-state index is 0.234. The highest BCUT2D eigenvalue weighted by Crippen LogP contribution is 2.29. The highest BCUT2D eigenvalue weighted by molar-refractivity contribution is 6.01. The third kappa shape index (κ3) is 6.52. The summed E-state index contributed by atoms with van der Waals surface area (Å²) in [4.78, 5) is 12.1. The molecule has 0 aliphatic carbocycles. The Morgan fingerprint density at radius 1 is 1.19 bits per heavy atom. The fourth-order valence-electron chi connectivity index (χ4n) is 2.32. The molecule has 0 bridgehead atoms. The molecule has 2 rings (SSSR count). The molecule has 2 aromatic carbocycles. The van der Waals surface area contributed by atoms with Gasteiger partial charge >= 0.3 is 0 Å². The largest absolute Gasteiger partial charge is 0.493 e. The van der Waals surface area contributed by atoms with Gasteiger partial charge in [-0.1, -0.05) is 32.0 Å². The third-order valence-electron chi connectivity index (χ3n) is 3.69. The first-order valence-electron chi connectivity index (χ1n) is 8.77. The number of anilines is 1. The molecule has 0 aliphatic heterocycles. The highest BCUT2D eigenvalue weighted by Gasteiger charge is 2.06. The molecular formula is C22H24N2O3. The van der Waals surface area contributed by atoms with E-state index < -0.39 is 0 Å². The lowest BCUT2D eigenvalue weighted by Gasteiger charge is -2.12.